The molecule has 1 N–H and O–H groups in total. The van der Waals surface area contributed by atoms with Crippen LogP contribution in [0, 0.1) is 0 Å². The molecule has 1 unspecified atom stereocenters. The van der Waals surface area contributed by atoms with Gasteiger partial charge in [-0.05, 0) is 37.1 Å². The molecule has 0 bridgehead atoms. The van der Waals surface area contributed by atoms with E-state index in [1.807, 2.05) is 6.07 Å². The Hall–Kier alpha value is -0.0500. The molecule has 3 heteroatoms. The van der Waals surface area contributed by atoms with Crippen LogP contribution in [0.15, 0.2) is 22.7 Å². The molecule has 1 rings (SSSR count). The highest BCUT2D eigenvalue weighted by Gasteiger charge is 2.13. The van der Waals surface area contributed by atoms with Crippen molar-refractivity contribution in [3.8, 4) is 0 Å². The Morgan fingerprint density at radius 2 is 2.06 bits per heavy atom. The summed E-state index contributed by atoms with van der Waals surface area (Å²) < 4.78 is 1.04. The second-order valence-electron chi connectivity index (χ2n) is 4.31. The summed E-state index contributed by atoms with van der Waals surface area (Å²) in [5, 5.41) is 4.43. The lowest BCUT2D eigenvalue weighted by Gasteiger charge is -2.20. The number of benzene rings is 1. The average molecular weight is 319 g/mol. The molecule has 1 aromatic carbocycles. The Labute approximate surface area is 118 Å². The van der Waals surface area contributed by atoms with Gasteiger partial charge in [0.15, 0.2) is 0 Å². The summed E-state index contributed by atoms with van der Waals surface area (Å²) in [5.41, 5.74) is 1.22. The predicted molar refractivity (Wildman–Crippen MR) is 79.7 cm³/mol. The molecule has 1 atom stereocenters. The maximum Gasteiger partial charge on any atom is 0.0465 e. The molecule has 0 spiro atoms. The van der Waals surface area contributed by atoms with Crippen LogP contribution in [0.4, 0.5) is 0 Å². The van der Waals surface area contributed by atoms with E-state index in [4.69, 9.17) is 11.6 Å². The van der Waals surface area contributed by atoms with E-state index in [0.717, 1.165) is 28.9 Å². The predicted octanol–water partition coefficient (Wildman–Crippen LogP) is 5.33. The topological polar surface area (TPSA) is 12.0 Å². The summed E-state index contributed by atoms with van der Waals surface area (Å²) in [6, 6.07) is 6.54. The first kappa shape index (κ1) is 15.0. The first-order chi connectivity index (χ1) is 8.19. The average Bonchev–Trinajstić information content (AvgIpc) is 2.30. The molecule has 0 aliphatic carbocycles. The van der Waals surface area contributed by atoms with Crippen molar-refractivity contribution < 1.29 is 0 Å². The van der Waals surface area contributed by atoms with E-state index in [0.29, 0.717) is 6.04 Å². The lowest BCUT2D eigenvalue weighted by Crippen LogP contribution is -2.22. The van der Waals surface area contributed by atoms with Crippen LogP contribution >= 0.6 is 27.5 Å². The fraction of sp³-hybridized carbons (Fsp3) is 0.571. The molecule has 96 valence electrons. The number of nitrogens with one attached hydrogen (secondary N) is 1. The fourth-order valence-electron chi connectivity index (χ4n) is 1.88. The van der Waals surface area contributed by atoms with Crippen LogP contribution in [-0.4, -0.2) is 6.54 Å². The first-order valence-electron chi connectivity index (χ1n) is 6.37. The largest absolute Gasteiger partial charge is 0.310 e. The number of hydrogen-bond donors (Lipinski definition) is 1. The summed E-state index contributed by atoms with van der Waals surface area (Å²) in [6.45, 7) is 5.45. The highest BCUT2D eigenvalue weighted by atomic mass is 79.9. The van der Waals surface area contributed by atoms with Crippen molar-refractivity contribution in [3.63, 3.8) is 0 Å². The van der Waals surface area contributed by atoms with Crippen molar-refractivity contribution in [1.29, 1.82) is 0 Å². The fourth-order valence-corrected chi connectivity index (χ4v) is 2.68. The van der Waals surface area contributed by atoms with Crippen LogP contribution in [0.1, 0.15) is 51.1 Å². The highest BCUT2D eigenvalue weighted by Crippen LogP contribution is 2.29. The van der Waals surface area contributed by atoms with Crippen molar-refractivity contribution >= 4 is 27.5 Å². The zero-order valence-corrected chi connectivity index (χ0v) is 12.9. The maximum atomic E-state index is 6.31. The minimum Gasteiger partial charge on any atom is -0.310 e. The third-order valence-corrected chi connectivity index (χ3v) is 3.65. The number of unbranched alkanes of at least 4 members (excludes halogenated alkanes) is 1. The zero-order chi connectivity index (χ0) is 12.7. The number of rotatable bonds is 7. The van der Waals surface area contributed by atoms with Gasteiger partial charge in [-0.25, -0.2) is 0 Å². The molecule has 1 nitrogen and oxygen atoms in total. The molecular weight excluding hydrogens is 298 g/mol. The zero-order valence-electron chi connectivity index (χ0n) is 10.6. The van der Waals surface area contributed by atoms with Crippen LogP contribution in [0.2, 0.25) is 5.02 Å². The Balaban J connectivity index is 2.79. The van der Waals surface area contributed by atoms with E-state index >= 15 is 0 Å². The van der Waals surface area contributed by atoms with E-state index in [9.17, 15) is 0 Å². The van der Waals surface area contributed by atoms with Crippen molar-refractivity contribution in [2.75, 3.05) is 6.54 Å². The van der Waals surface area contributed by atoms with Crippen LogP contribution in [0.3, 0.4) is 0 Å². The van der Waals surface area contributed by atoms with Crippen LogP contribution in [0.5, 0.6) is 0 Å². The smallest absolute Gasteiger partial charge is 0.0465 e. The Bertz CT molecular complexity index is 333. The third-order valence-electron chi connectivity index (χ3n) is 2.83. The van der Waals surface area contributed by atoms with Gasteiger partial charge in [0.05, 0.1) is 0 Å². The molecule has 0 aliphatic rings. The summed E-state index contributed by atoms with van der Waals surface area (Å²) in [7, 11) is 0. The SMILES string of the molecule is CCCCC(NCCC)c1ccc(Br)cc1Cl. The normalized spacial score (nSPS) is 12.7. The molecule has 0 aliphatic heterocycles. The Morgan fingerprint density at radius 3 is 2.65 bits per heavy atom. The third kappa shape index (κ3) is 4.99. The molecule has 17 heavy (non-hydrogen) atoms. The maximum absolute atomic E-state index is 6.31. The van der Waals surface area contributed by atoms with Gasteiger partial charge in [-0.15, -0.1) is 0 Å². The quantitative estimate of drug-likeness (QED) is 0.716. The van der Waals surface area contributed by atoms with Gasteiger partial charge in [0, 0.05) is 15.5 Å². The minimum absolute atomic E-state index is 0.385. The van der Waals surface area contributed by atoms with Gasteiger partial charge in [0.25, 0.3) is 0 Å². The van der Waals surface area contributed by atoms with Gasteiger partial charge in [-0.2, -0.15) is 0 Å². The molecule has 0 heterocycles. The molecule has 0 fully saturated rings. The van der Waals surface area contributed by atoms with Gasteiger partial charge >= 0.3 is 0 Å². The molecule has 0 aromatic heterocycles. The molecule has 0 saturated carbocycles. The minimum atomic E-state index is 0.385. The van der Waals surface area contributed by atoms with Crippen LogP contribution < -0.4 is 5.32 Å². The summed E-state index contributed by atoms with van der Waals surface area (Å²) >= 11 is 9.76. The van der Waals surface area contributed by atoms with E-state index in [-0.39, 0.29) is 0 Å². The summed E-state index contributed by atoms with van der Waals surface area (Å²) in [5.74, 6) is 0. The first-order valence-corrected chi connectivity index (χ1v) is 7.54. The number of hydrogen-bond acceptors (Lipinski definition) is 1. The van der Waals surface area contributed by atoms with Crippen molar-refractivity contribution in [2.24, 2.45) is 0 Å². The van der Waals surface area contributed by atoms with Gasteiger partial charge in [0.2, 0.25) is 0 Å². The van der Waals surface area contributed by atoms with E-state index in [1.54, 1.807) is 0 Å². The highest BCUT2D eigenvalue weighted by molar-refractivity contribution is 9.10. The van der Waals surface area contributed by atoms with Crippen molar-refractivity contribution in [1.82, 2.24) is 5.32 Å². The molecule has 1 aromatic rings. The van der Waals surface area contributed by atoms with Crippen LogP contribution in [0.25, 0.3) is 0 Å². The molecular formula is C14H21BrClN. The molecule has 0 saturated heterocycles. The van der Waals surface area contributed by atoms with E-state index in [1.165, 1.54) is 18.4 Å². The van der Waals surface area contributed by atoms with Gasteiger partial charge in [-0.1, -0.05) is 60.3 Å². The Morgan fingerprint density at radius 1 is 1.29 bits per heavy atom. The second kappa shape index (κ2) is 8.12. The molecule has 0 amide bonds. The van der Waals surface area contributed by atoms with Crippen molar-refractivity contribution in [3.05, 3.63) is 33.3 Å². The van der Waals surface area contributed by atoms with Gasteiger partial charge in [-0.3, -0.25) is 0 Å². The van der Waals surface area contributed by atoms with Gasteiger partial charge < -0.3 is 5.32 Å². The summed E-state index contributed by atoms with van der Waals surface area (Å²) in [4.78, 5) is 0. The Kier molecular flexibility index (Phi) is 7.17. The van der Waals surface area contributed by atoms with E-state index in [2.05, 4.69) is 47.2 Å². The lowest BCUT2D eigenvalue weighted by atomic mass is 10.0. The van der Waals surface area contributed by atoms with E-state index < -0.39 is 0 Å². The lowest BCUT2D eigenvalue weighted by molar-refractivity contribution is 0.481. The second-order valence-corrected chi connectivity index (χ2v) is 5.64. The monoisotopic (exact) mass is 317 g/mol. The summed E-state index contributed by atoms with van der Waals surface area (Å²) in [6.07, 6.45) is 4.75. The molecule has 0 radical (unpaired) electrons. The van der Waals surface area contributed by atoms with Gasteiger partial charge in [0.1, 0.15) is 0 Å². The van der Waals surface area contributed by atoms with Crippen LogP contribution in [-0.2, 0) is 0 Å². The van der Waals surface area contributed by atoms with Crippen molar-refractivity contribution in [2.45, 2.75) is 45.6 Å². The number of halogens is 2. The standard InChI is InChI=1S/C14H21BrClN/c1-3-5-6-14(17-9-4-2)12-8-7-11(15)10-13(12)16/h7-8,10,14,17H,3-6,9H2,1-2H3.